The number of pyridine rings is 1. The fourth-order valence-electron chi connectivity index (χ4n) is 3.83. The average Bonchev–Trinajstić information content (AvgIpc) is 3.35. The number of anilines is 1. The Kier molecular flexibility index (Phi) is 5.84. The van der Waals surface area contributed by atoms with Crippen molar-refractivity contribution in [2.45, 2.75) is 34.1 Å². The fraction of sp³-hybridized carbons (Fsp3) is 0.240. The molecule has 0 radical (unpaired) electrons. The van der Waals surface area contributed by atoms with Gasteiger partial charge in [-0.05, 0) is 50.5 Å². The average molecular weight is 448 g/mol. The first-order valence-electron chi connectivity index (χ1n) is 10.4. The van der Waals surface area contributed by atoms with Crippen molar-refractivity contribution in [3.8, 4) is 11.1 Å². The Morgan fingerprint density at radius 2 is 1.91 bits per heavy atom. The molecule has 3 heterocycles. The smallest absolute Gasteiger partial charge is 0.341 e. The van der Waals surface area contributed by atoms with Crippen LogP contribution < -0.4 is 5.32 Å². The lowest BCUT2D eigenvalue weighted by atomic mass is 9.97. The Hall–Kier alpha value is -3.45. The molecule has 0 aliphatic heterocycles. The van der Waals surface area contributed by atoms with E-state index in [9.17, 15) is 9.59 Å². The monoisotopic (exact) mass is 447 g/mol. The van der Waals surface area contributed by atoms with E-state index in [-0.39, 0.29) is 5.91 Å². The molecule has 0 unspecified atom stereocenters. The zero-order chi connectivity index (χ0) is 23.0. The number of imidazole rings is 1. The van der Waals surface area contributed by atoms with Crippen LogP contribution in [0.2, 0.25) is 0 Å². The predicted octanol–water partition coefficient (Wildman–Crippen LogP) is 5.59. The molecule has 0 fully saturated rings. The van der Waals surface area contributed by atoms with E-state index in [1.54, 1.807) is 12.3 Å². The van der Waals surface area contributed by atoms with Crippen LogP contribution in [0.5, 0.6) is 0 Å². The summed E-state index contributed by atoms with van der Waals surface area (Å²) in [6.07, 6.45) is 2.61. The molecule has 0 saturated carbocycles. The maximum atomic E-state index is 13.1. The van der Waals surface area contributed by atoms with E-state index in [2.05, 4.69) is 17.2 Å². The van der Waals surface area contributed by atoms with E-state index in [0.29, 0.717) is 16.1 Å². The molecule has 1 N–H and O–H groups in total. The van der Waals surface area contributed by atoms with Crippen molar-refractivity contribution in [2.24, 2.45) is 0 Å². The van der Waals surface area contributed by atoms with E-state index in [4.69, 9.17) is 4.74 Å². The number of fused-ring (bicyclic) bond motifs is 1. The van der Waals surface area contributed by atoms with E-state index >= 15 is 0 Å². The van der Waals surface area contributed by atoms with Crippen LogP contribution in [0.3, 0.4) is 0 Å². The van der Waals surface area contributed by atoms with Gasteiger partial charge in [-0.1, -0.05) is 30.7 Å². The third-order valence-corrected chi connectivity index (χ3v) is 6.54. The van der Waals surface area contributed by atoms with E-state index in [0.717, 1.165) is 45.7 Å². The summed E-state index contributed by atoms with van der Waals surface area (Å²) in [5, 5.41) is 5.27. The molecule has 0 aliphatic carbocycles. The molecule has 0 saturated heterocycles. The lowest BCUT2D eigenvalue weighted by Gasteiger charge is -2.10. The molecule has 4 rings (SSSR count). The largest absolute Gasteiger partial charge is 0.465 e. The molecule has 7 heteroatoms. The molecule has 1 amide bonds. The molecule has 164 valence electrons. The molecule has 3 aromatic heterocycles. The van der Waals surface area contributed by atoms with Crippen molar-refractivity contribution < 1.29 is 14.3 Å². The number of benzene rings is 1. The topological polar surface area (TPSA) is 72.7 Å². The van der Waals surface area contributed by atoms with Gasteiger partial charge in [0.05, 0.1) is 18.4 Å². The van der Waals surface area contributed by atoms with E-state index in [1.165, 1.54) is 18.4 Å². The van der Waals surface area contributed by atoms with Crippen molar-refractivity contribution in [1.82, 2.24) is 9.38 Å². The maximum Gasteiger partial charge on any atom is 0.341 e. The van der Waals surface area contributed by atoms with Crippen LogP contribution in [0.1, 0.15) is 50.2 Å². The molecular formula is C25H25N3O3S. The molecule has 1 aromatic carbocycles. The highest BCUT2D eigenvalue weighted by Gasteiger charge is 2.24. The normalized spacial score (nSPS) is 11.0. The van der Waals surface area contributed by atoms with Gasteiger partial charge in [0.15, 0.2) is 0 Å². The minimum atomic E-state index is -0.481. The third kappa shape index (κ3) is 3.80. The lowest BCUT2D eigenvalue weighted by molar-refractivity contribution is 0.0603. The number of methoxy groups -OCH3 is 1. The van der Waals surface area contributed by atoms with Gasteiger partial charge in [-0.15, -0.1) is 11.3 Å². The van der Waals surface area contributed by atoms with Crippen molar-refractivity contribution in [3.63, 3.8) is 0 Å². The summed E-state index contributed by atoms with van der Waals surface area (Å²) < 4.78 is 6.97. The summed E-state index contributed by atoms with van der Waals surface area (Å²) in [6, 6.07) is 9.67. The Labute approximate surface area is 190 Å². The van der Waals surface area contributed by atoms with Crippen molar-refractivity contribution in [2.75, 3.05) is 12.4 Å². The van der Waals surface area contributed by atoms with Crippen LogP contribution in [-0.4, -0.2) is 28.4 Å². The molecule has 4 aromatic rings. The molecule has 6 nitrogen and oxygen atoms in total. The number of amides is 1. The second-order valence-electron chi connectivity index (χ2n) is 7.76. The summed E-state index contributed by atoms with van der Waals surface area (Å²) in [4.78, 5) is 30.4. The van der Waals surface area contributed by atoms with Gasteiger partial charge in [0, 0.05) is 22.8 Å². The van der Waals surface area contributed by atoms with Crippen LogP contribution in [0, 0.1) is 20.8 Å². The molecule has 0 bridgehead atoms. The zero-order valence-electron chi connectivity index (χ0n) is 18.8. The molecule has 32 heavy (non-hydrogen) atoms. The first kappa shape index (κ1) is 21.8. The van der Waals surface area contributed by atoms with Crippen LogP contribution in [0.25, 0.3) is 16.8 Å². The van der Waals surface area contributed by atoms with Crippen LogP contribution in [0.4, 0.5) is 5.00 Å². The van der Waals surface area contributed by atoms with Gasteiger partial charge in [-0.25, -0.2) is 9.78 Å². The summed E-state index contributed by atoms with van der Waals surface area (Å²) in [5.74, 6) is -0.775. The highest BCUT2D eigenvalue weighted by molar-refractivity contribution is 7.15. The molecule has 0 aliphatic rings. The SMILES string of the molecule is CCc1nc2ccc(C(=O)Nc3scc(-c4cc(C)ccc4C)c3C(=O)OC)cn2c1C. The van der Waals surface area contributed by atoms with E-state index < -0.39 is 5.97 Å². The molecule has 0 spiro atoms. The summed E-state index contributed by atoms with van der Waals surface area (Å²) in [5.41, 5.74) is 7.52. The third-order valence-electron chi connectivity index (χ3n) is 5.64. The van der Waals surface area contributed by atoms with E-state index in [1.807, 2.05) is 54.8 Å². The minimum absolute atomic E-state index is 0.294. The summed E-state index contributed by atoms with van der Waals surface area (Å²) >= 11 is 1.31. The fourth-order valence-corrected chi connectivity index (χ4v) is 4.78. The Balaban J connectivity index is 1.73. The van der Waals surface area contributed by atoms with Crippen molar-refractivity contribution in [1.29, 1.82) is 0 Å². The number of rotatable bonds is 5. The number of esters is 1. The molecule has 0 atom stereocenters. The quantitative estimate of drug-likeness (QED) is 0.405. The van der Waals surface area contributed by atoms with Crippen molar-refractivity contribution >= 4 is 33.9 Å². The zero-order valence-corrected chi connectivity index (χ0v) is 19.6. The van der Waals surface area contributed by atoms with Gasteiger partial charge in [0.1, 0.15) is 16.2 Å². The van der Waals surface area contributed by atoms with Gasteiger partial charge >= 0.3 is 5.97 Å². The number of aryl methyl sites for hydroxylation is 4. The van der Waals surface area contributed by atoms with Crippen molar-refractivity contribution in [3.05, 3.63) is 75.6 Å². The Bertz CT molecular complexity index is 1350. The number of ether oxygens (including phenoxy) is 1. The number of hydrogen-bond donors (Lipinski definition) is 1. The first-order chi connectivity index (χ1) is 15.3. The Morgan fingerprint density at radius 3 is 2.62 bits per heavy atom. The van der Waals surface area contributed by atoms with Gasteiger partial charge in [-0.2, -0.15) is 0 Å². The maximum absolute atomic E-state index is 13.1. The van der Waals surface area contributed by atoms with Crippen LogP contribution in [-0.2, 0) is 11.2 Å². The number of carbonyl (C=O) groups is 2. The van der Waals surface area contributed by atoms with Gasteiger partial charge in [0.2, 0.25) is 0 Å². The standard InChI is InChI=1S/C25H25N3O3S/c1-6-20-16(4)28-12-17(9-10-21(28)26-20)23(29)27-24-22(25(30)31-5)19(13-32-24)18-11-14(2)7-8-15(18)3/h7-13H,6H2,1-5H3,(H,27,29). The number of thiophene rings is 1. The second-order valence-corrected chi connectivity index (χ2v) is 8.64. The van der Waals surface area contributed by atoms with Gasteiger partial charge in [0.25, 0.3) is 5.91 Å². The second kappa shape index (κ2) is 8.59. The molecular weight excluding hydrogens is 422 g/mol. The highest BCUT2D eigenvalue weighted by Crippen LogP contribution is 2.38. The number of nitrogens with zero attached hydrogens (tertiary/aromatic N) is 2. The Morgan fingerprint density at radius 1 is 1.12 bits per heavy atom. The number of hydrogen-bond acceptors (Lipinski definition) is 5. The number of nitrogens with one attached hydrogen (secondary N) is 1. The predicted molar refractivity (Wildman–Crippen MR) is 128 cm³/mol. The minimum Gasteiger partial charge on any atom is -0.465 e. The van der Waals surface area contributed by atoms with Crippen LogP contribution in [0.15, 0.2) is 41.9 Å². The van der Waals surface area contributed by atoms with Crippen LogP contribution >= 0.6 is 11.3 Å². The number of carbonyl (C=O) groups excluding carboxylic acids is 2. The first-order valence-corrected chi connectivity index (χ1v) is 11.3. The summed E-state index contributed by atoms with van der Waals surface area (Å²) in [7, 11) is 1.35. The highest BCUT2D eigenvalue weighted by atomic mass is 32.1. The van der Waals surface area contributed by atoms with Gasteiger partial charge < -0.3 is 14.5 Å². The number of aromatic nitrogens is 2. The van der Waals surface area contributed by atoms with Gasteiger partial charge in [-0.3, -0.25) is 4.79 Å². The lowest BCUT2D eigenvalue weighted by Crippen LogP contribution is -2.15. The summed E-state index contributed by atoms with van der Waals surface area (Å²) in [6.45, 7) is 8.06.